The van der Waals surface area contributed by atoms with Gasteiger partial charge in [0.2, 0.25) is 0 Å². The number of para-hydroxylation sites is 1. The molecule has 0 aliphatic heterocycles. The zero-order valence-corrected chi connectivity index (χ0v) is 11.8. The Morgan fingerprint density at radius 3 is 2.65 bits per heavy atom. The van der Waals surface area contributed by atoms with Gasteiger partial charge in [-0.3, -0.25) is 0 Å². The Morgan fingerprint density at radius 1 is 1.15 bits per heavy atom. The molecule has 2 aromatic carbocycles. The first-order valence-corrected chi connectivity index (χ1v) is 7.07. The van der Waals surface area contributed by atoms with E-state index in [-0.39, 0.29) is 0 Å². The molecule has 20 heavy (non-hydrogen) atoms. The van der Waals surface area contributed by atoms with E-state index in [9.17, 15) is 8.78 Å². The smallest absolute Gasteiger partial charge is 0.143 e. The Hall–Kier alpha value is -1.75. The van der Waals surface area contributed by atoms with Crippen LogP contribution in [0.25, 0.3) is 0 Å². The van der Waals surface area contributed by atoms with Gasteiger partial charge in [-0.25, -0.2) is 8.78 Å². The van der Waals surface area contributed by atoms with E-state index in [1.807, 2.05) is 6.92 Å². The lowest BCUT2D eigenvalue weighted by Gasteiger charge is -2.11. The number of ether oxygens (including phenoxy) is 1. The van der Waals surface area contributed by atoms with Crippen LogP contribution in [0.3, 0.4) is 0 Å². The van der Waals surface area contributed by atoms with Gasteiger partial charge in [-0.2, -0.15) is 0 Å². The van der Waals surface area contributed by atoms with Crippen LogP contribution in [-0.4, -0.2) is 6.61 Å². The van der Waals surface area contributed by atoms with Crippen molar-refractivity contribution < 1.29 is 13.5 Å². The number of rotatable bonds is 5. The van der Waals surface area contributed by atoms with Crippen molar-refractivity contribution in [3.05, 3.63) is 48.0 Å². The number of nitrogens with two attached hydrogens (primary N) is 1. The van der Waals surface area contributed by atoms with E-state index in [4.69, 9.17) is 10.5 Å². The summed E-state index contributed by atoms with van der Waals surface area (Å²) in [7, 11) is 0. The summed E-state index contributed by atoms with van der Waals surface area (Å²) in [5, 5.41) is 0. The van der Waals surface area contributed by atoms with E-state index in [0.717, 1.165) is 24.2 Å². The zero-order chi connectivity index (χ0) is 14.5. The minimum atomic E-state index is -0.603. The van der Waals surface area contributed by atoms with E-state index in [1.54, 1.807) is 18.2 Å². The normalized spacial score (nSPS) is 10.6. The SMILES string of the molecule is CCCOc1cccc(Sc2ccc(F)cc2F)c1N. The number of hydrogen-bond acceptors (Lipinski definition) is 3. The van der Waals surface area contributed by atoms with Crippen LogP contribution < -0.4 is 10.5 Å². The first kappa shape index (κ1) is 14.7. The van der Waals surface area contributed by atoms with Crippen molar-refractivity contribution in [2.75, 3.05) is 12.3 Å². The molecule has 5 heteroatoms. The fraction of sp³-hybridized carbons (Fsp3) is 0.200. The van der Waals surface area contributed by atoms with Gasteiger partial charge in [0.15, 0.2) is 0 Å². The lowest BCUT2D eigenvalue weighted by Crippen LogP contribution is -2.00. The fourth-order valence-electron chi connectivity index (χ4n) is 1.63. The summed E-state index contributed by atoms with van der Waals surface area (Å²) in [5.41, 5.74) is 6.48. The maximum absolute atomic E-state index is 13.6. The molecule has 0 atom stereocenters. The molecule has 0 aliphatic rings. The summed E-state index contributed by atoms with van der Waals surface area (Å²) in [6.07, 6.45) is 0.878. The first-order valence-electron chi connectivity index (χ1n) is 6.26. The molecule has 0 bridgehead atoms. The number of benzene rings is 2. The third-order valence-electron chi connectivity index (χ3n) is 2.60. The van der Waals surface area contributed by atoms with Gasteiger partial charge in [-0.1, -0.05) is 24.8 Å². The van der Waals surface area contributed by atoms with Crippen molar-refractivity contribution in [1.29, 1.82) is 0 Å². The third-order valence-corrected chi connectivity index (χ3v) is 3.73. The molecular formula is C15H15F2NOS. The molecule has 0 aliphatic carbocycles. The number of nitrogen functional groups attached to an aromatic ring is 1. The summed E-state index contributed by atoms with van der Waals surface area (Å²) >= 11 is 1.15. The summed E-state index contributed by atoms with van der Waals surface area (Å²) in [6.45, 7) is 2.58. The second-order valence-electron chi connectivity index (χ2n) is 4.19. The van der Waals surface area contributed by atoms with Crippen molar-refractivity contribution in [1.82, 2.24) is 0 Å². The molecule has 0 amide bonds. The van der Waals surface area contributed by atoms with Crippen molar-refractivity contribution in [2.45, 2.75) is 23.1 Å². The van der Waals surface area contributed by atoms with Gasteiger partial charge in [0.25, 0.3) is 0 Å². The van der Waals surface area contributed by atoms with Crippen LogP contribution in [0, 0.1) is 11.6 Å². The van der Waals surface area contributed by atoms with Crippen LogP contribution in [0.2, 0.25) is 0 Å². The van der Waals surface area contributed by atoms with Gasteiger partial charge in [0.1, 0.15) is 17.4 Å². The number of hydrogen-bond donors (Lipinski definition) is 1. The lowest BCUT2D eigenvalue weighted by atomic mass is 10.3. The average Bonchev–Trinajstić information content (AvgIpc) is 2.42. The highest BCUT2D eigenvalue weighted by molar-refractivity contribution is 7.99. The van der Waals surface area contributed by atoms with E-state index in [1.165, 1.54) is 12.1 Å². The minimum absolute atomic E-state index is 0.325. The quantitative estimate of drug-likeness (QED) is 0.826. The zero-order valence-electron chi connectivity index (χ0n) is 11.0. The first-order chi connectivity index (χ1) is 9.61. The summed E-state index contributed by atoms with van der Waals surface area (Å²) in [5.74, 6) is -0.617. The fourth-order valence-corrected chi connectivity index (χ4v) is 2.51. The molecule has 0 fully saturated rings. The highest BCUT2D eigenvalue weighted by Gasteiger charge is 2.11. The minimum Gasteiger partial charge on any atom is -0.491 e. The molecule has 2 nitrogen and oxygen atoms in total. The van der Waals surface area contributed by atoms with Crippen molar-refractivity contribution in [3.63, 3.8) is 0 Å². The van der Waals surface area contributed by atoms with Crippen molar-refractivity contribution >= 4 is 17.4 Å². The van der Waals surface area contributed by atoms with E-state index < -0.39 is 11.6 Å². The molecule has 0 heterocycles. The Kier molecular flexibility index (Phi) is 4.84. The van der Waals surface area contributed by atoms with Gasteiger partial charge in [-0.15, -0.1) is 0 Å². The highest BCUT2D eigenvalue weighted by Crippen LogP contribution is 2.38. The van der Waals surface area contributed by atoms with Crippen LogP contribution in [-0.2, 0) is 0 Å². The standard InChI is InChI=1S/C15H15F2NOS/c1-2-8-19-12-4-3-5-14(15(12)18)20-13-7-6-10(16)9-11(13)17/h3-7,9H,2,8,18H2,1H3. The molecule has 0 radical (unpaired) electrons. The molecule has 0 aromatic heterocycles. The molecule has 106 valence electrons. The summed E-state index contributed by atoms with van der Waals surface area (Å²) in [6, 6.07) is 8.83. The van der Waals surface area contributed by atoms with Gasteiger partial charge in [-0.05, 0) is 30.7 Å². The highest BCUT2D eigenvalue weighted by atomic mass is 32.2. The van der Waals surface area contributed by atoms with Crippen LogP contribution in [0.4, 0.5) is 14.5 Å². The van der Waals surface area contributed by atoms with Gasteiger partial charge in [0, 0.05) is 15.9 Å². The maximum Gasteiger partial charge on any atom is 0.143 e. The number of anilines is 1. The topological polar surface area (TPSA) is 35.2 Å². The van der Waals surface area contributed by atoms with Crippen LogP contribution >= 0.6 is 11.8 Å². The van der Waals surface area contributed by atoms with Crippen LogP contribution in [0.15, 0.2) is 46.2 Å². The van der Waals surface area contributed by atoms with Crippen LogP contribution in [0.5, 0.6) is 5.75 Å². The molecule has 0 spiro atoms. The van der Waals surface area contributed by atoms with Gasteiger partial charge >= 0.3 is 0 Å². The van der Waals surface area contributed by atoms with E-state index in [0.29, 0.717) is 27.8 Å². The Morgan fingerprint density at radius 2 is 1.95 bits per heavy atom. The molecule has 0 unspecified atom stereocenters. The molecule has 2 N–H and O–H groups in total. The molecule has 0 saturated carbocycles. The summed E-state index contributed by atoms with van der Waals surface area (Å²) < 4.78 is 32.0. The molecule has 0 saturated heterocycles. The van der Waals surface area contributed by atoms with E-state index >= 15 is 0 Å². The molecule has 2 aromatic rings. The Labute approximate surface area is 120 Å². The summed E-state index contributed by atoms with van der Waals surface area (Å²) in [4.78, 5) is 1.01. The van der Waals surface area contributed by atoms with E-state index in [2.05, 4.69) is 0 Å². The van der Waals surface area contributed by atoms with Gasteiger partial charge in [0.05, 0.1) is 12.3 Å². The molecule has 2 rings (SSSR count). The monoisotopic (exact) mass is 295 g/mol. The average molecular weight is 295 g/mol. The van der Waals surface area contributed by atoms with Crippen molar-refractivity contribution in [2.24, 2.45) is 0 Å². The lowest BCUT2D eigenvalue weighted by molar-refractivity contribution is 0.318. The second-order valence-corrected chi connectivity index (χ2v) is 5.28. The molecular weight excluding hydrogens is 280 g/mol. The van der Waals surface area contributed by atoms with Crippen molar-refractivity contribution in [3.8, 4) is 5.75 Å². The maximum atomic E-state index is 13.6. The second kappa shape index (κ2) is 6.61. The Balaban J connectivity index is 2.24. The van der Waals surface area contributed by atoms with Crippen LogP contribution in [0.1, 0.15) is 13.3 Å². The number of halogens is 2. The predicted molar refractivity (Wildman–Crippen MR) is 77.1 cm³/mol. The Bertz CT molecular complexity index is 604. The van der Waals surface area contributed by atoms with Gasteiger partial charge < -0.3 is 10.5 Å². The third kappa shape index (κ3) is 3.42. The predicted octanol–water partition coefficient (Wildman–Crippen LogP) is 4.49. The largest absolute Gasteiger partial charge is 0.491 e.